The summed E-state index contributed by atoms with van der Waals surface area (Å²) in [7, 11) is 0. The van der Waals surface area contributed by atoms with Crippen molar-refractivity contribution in [2.75, 3.05) is 0 Å². The highest BCUT2D eigenvalue weighted by Gasteiger charge is 2.22. The summed E-state index contributed by atoms with van der Waals surface area (Å²) in [5.74, 6) is 0.143. The summed E-state index contributed by atoms with van der Waals surface area (Å²) in [6.07, 6.45) is 2.16. The quantitative estimate of drug-likeness (QED) is 0.553. The third-order valence-electron chi connectivity index (χ3n) is 5.87. The molecule has 30 heavy (non-hydrogen) atoms. The highest BCUT2D eigenvalue weighted by molar-refractivity contribution is 5.96. The van der Waals surface area contributed by atoms with Crippen molar-refractivity contribution in [3.05, 3.63) is 106 Å². The molecule has 0 saturated heterocycles. The lowest BCUT2D eigenvalue weighted by Crippen LogP contribution is -2.26. The molecule has 5 rings (SSSR count). The van der Waals surface area contributed by atoms with Gasteiger partial charge in [-0.3, -0.25) is 9.59 Å². The zero-order valence-electron chi connectivity index (χ0n) is 16.8. The van der Waals surface area contributed by atoms with Crippen LogP contribution in [0.2, 0.25) is 0 Å². The topological polar surface area (TPSA) is 53.2 Å². The molecule has 1 aliphatic heterocycles. The molecule has 1 N–H and O–H groups in total. The number of H-pyrrole nitrogens is 1. The van der Waals surface area contributed by atoms with E-state index in [1.54, 1.807) is 6.20 Å². The molecule has 0 atom stereocenters. The molecule has 2 heterocycles. The van der Waals surface area contributed by atoms with Gasteiger partial charge in [-0.15, -0.1) is 0 Å². The van der Waals surface area contributed by atoms with Crippen LogP contribution in [0.25, 0.3) is 21.9 Å². The van der Waals surface area contributed by atoms with Crippen LogP contribution in [-0.4, -0.2) is 15.8 Å². The number of pyridine rings is 1. The van der Waals surface area contributed by atoms with Gasteiger partial charge in [0.15, 0.2) is 0 Å². The summed E-state index contributed by atoms with van der Waals surface area (Å²) in [6, 6.07) is 22.1. The molecule has 1 aromatic heterocycles. The molecule has 1 aliphatic rings. The molecule has 0 fully saturated rings. The standard InChI is InChI=1S/C26H22N2O2/c1-17-6-11-22-23(12-17)24(14-27-26(22)30)19-9-7-18(8-10-19)13-25(29)28-15-20-4-2-3-5-21(20)16-28/h2-12,14H,13,15-16H2,1H3,(H,27,30). The number of aryl methyl sites for hydroxylation is 1. The second kappa shape index (κ2) is 7.30. The van der Waals surface area contributed by atoms with Gasteiger partial charge in [-0.1, -0.05) is 66.2 Å². The van der Waals surface area contributed by atoms with Crippen molar-refractivity contribution in [3.8, 4) is 11.1 Å². The van der Waals surface area contributed by atoms with Crippen LogP contribution in [0.4, 0.5) is 0 Å². The van der Waals surface area contributed by atoms with Crippen molar-refractivity contribution < 1.29 is 4.79 Å². The third kappa shape index (κ3) is 3.30. The summed E-state index contributed by atoms with van der Waals surface area (Å²) in [5.41, 5.74) is 6.51. The molecule has 0 aliphatic carbocycles. The number of nitrogens with one attached hydrogen (secondary N) is 1. The predicted octanol–water partition coefficient (Wildman–Crippen LogP) is 4.59. The number of aromatic nitrogens is 1. The van der Waals surface area contributed by atoms with Crippen LogP contribution in [-0.2, 0) is 24.3 Å². The fraction of sp³-hybridized carbons (Fsp3) is 0.154. The molecule has 4 aromatic rings. The number of rotatable bonds is 3. The summed E-state index contributed by atoms with van der Waals surface area (Å²) in [6.45, 7) is 3.40. The molecule has 0 unspecified atom stereocenters. The maximum atomic E-state index is 12.8. The van der Waals surface area contributed by atoms with Crippen LogP contribution in [0, 0.1) is 6.92 Å². The Hall–Kier alpha value is -3.66. The smallest absolute Gasteiger partial charge is 0.255 e. The summed E-state index contributed by atoms with van der Waals surface area (Å²) in [4.78, 5) is 29.7. The van der Waals surface area contributed by atoms with E-state index >= 15 is 0 Å². The molecule has 3 aromatic carbocycles. The van der Waals surface area contributed by atoms with Crippen molar-refractivity contribution in [1.82, 2.24) is 9.88 Å². The molecular weight excluding hydrogens is 372 g/mol. The minimum Gasteiger partial charge on any atom is -0.334 e. The van der Waals surface area contributed by atoms with E-state index in [9.17, 15) is 9.59 Å². The first-order valence-electron chi connectivity index (χ1n) is 10.1. The first-order chi connectivity index (χ1) is 14.6. The molecule has 0 saturated carbocycles. The van der Waals surface area contributed by atoms with Crippen LogP contribution in [0.15, 0.2) is 77.7 Å². The number of hydrogen-bond donors (Lipinski definition) is 1. The zero-order valence-corrected chi connectivity index (χ0v) is 16.8. The zero-order chi connectivity index (χ0) is 20.7. The lowest BCUT2D eigenvalue weighted by molar-refractivity contribution is -0.131. The van der Waals surface area contributed by atoms with Gasteiger partial charge in [0.2, 0.25) is 5.91 Å². The summed E-state index contributed by atoms with van der Waals surface area (Å²) in [5, 5.41) is 1.63. The lowest BCUT2D eigenvalue weighted by atomic mass is 9.98. The highest BCUT2D eigenvalue weighted by Crippen LogP contribution is 2.28. The number of fused-ring (bicyclic) bond motifs is 2. The molecule has 4 heteroatoms. The number of nitrogens with zero attached hydrogens (tertiary/aromatic N) is 1. The Bertz CT molecular complexity index is 1290. The average molecular weight is 394 g/mol. The van der Waals surface area contributed by atoms with Gasteiger partial charge in [0, 0.05) is 30.2 Å². The molecule has 148 valence electrons. The van der Waals surface area contributed by atoms with Crippen molar-refractivity contribution in [2.24, 2.45) is 0 Å². The number of benzene rings is 3. The summed E-state index contributed by atoms with van der Waals surface area (Å²) < 4.78 is 0. The second-order valence-electron chi connectivity index (χ2n) is 7.97. The minimum absolute atomic E-state index is 0.0809. The van der Waals surface area contributed by atoms with Crippen molar-refractivity contribution in [2.45, 2.75) is 26.4 Å². The van der Waals surface area contributed by atoms with E-state index in [1.165, 1.54) is 11.1 Å². The van der Waals surface area contributed by atoms with Gasteiger partial charge in [0.25, 0.3) is 5.56 Å². The number of carbonyl (C=O) groups is 1. The lowest BCUT2D eigenvalue weighted by Gasteiger charge is -2.15. The fourth-order valence-electron chi connectivity index (χ4n) is 4.21. The Kier molecular flexibility index (Phi) is 4.47. The maximum Gasteiger partial charge on any atom is 0.255 e. The Morgan fingerprint density at radius 2 is 1.63 bits per heavy atom. The molecule has 1 amide bonds. The first kappa shape index (κ1) is 18.4. The molecule has 0 bridgehead atoms. The molecule has 4 nitrogen and oxygen atoms in total. The second-order valence-corrected chi connectivity index (χ2v) is 7.97. The largest absolute Gasteiger partial charge is 0.334 e. The fourth-order valence-corrected chi connectivity index (χ4v) is 4.21. The van der Waals surface area contributed by atoms with E-state index < -0.39 is 0 Å². The van der Waals surface area contributed by atoms with Crippen LogP contribution in [0.1, 0.15) is 22.3 Å². The number of hydrogen-bond acceptors (Lipinski definition) is 2. The van der Waals surface area contributed by atoms with Crippen molar-refractivity contribution in [1.29, 1.82) is 0 Å². The van der Waals surface area contributed by atoms with E-state index in [1.807, 2.05) is 66.4 Å². The van der Waals surface area contributed by atoms with Gasteiger partial charge >= 0.3 is 0 Å². The van der Waals surface area contributed by atoms with Crippen LogP contribution in [0.5, 0.6) is 0 Å². The van der Waals surface area contributed by atoms with E-state index in [0.717, 1.165) is 27.6 Å². The number of amides is 1. The Morgan fingerprint density at radius 1 is 0.933 bits per heavy atom. The van der Waals surface area contributed by atoms with Crippen LogP contribution in [0.3, 0.4) is 0 Å². The minimum atomic E-state index is -0.0809. The van der Waals surface area contributed by atoms with Crippen molar-refractivity contribution in [3.63, 3.8) is 0 Å². The van der Waals surface area contributed by atoms with E-state index in [0.29, 0.717) is 24.9 Å². The highest BCUT2D eigenvalue weighted by atomic mass is 16.2. The molecule has 0 radical (unpaired) electrons. The monoisotopic (exact) mass is 394 g/mol. The van der Waals surface area contributed by atoms with Crippen molar-refractivity contribution >= 4 is 16.7 Å². The Balaban J connectivity index is 1.37. The van der Waals surface area contributed by atoms with Gasteiger partial charge in [-0.05, 0) is 40.6 Å². The molecule has 0 spiro atoms. The maximum absolute atomic E-state index is 12.8. The first-order valence-corrected chi connectivity index (χ1v) is 10.1. The molecular formula is C26H22N2O2. The summed E-state index contributed by atoms with van der Waals surface area (Å²) >= 11 is 0. The number of aromatic amines is 1. The van der Waals surface area contributed by atoms with Gasteiger partial charge in [0.1, 0.15) is 0 Å². The van der Waals surface area contributed by atoms with Gasteiger partial charge < -0.3 is 9.88 Å². The van der Waals surface area contributed by atoms with E-state index in [-0.39, 0.29) is 11.5 Å². The SMILES string of the molecule is Cc1ccc2c(=O)[nH]cc(-c3ccc(CC(=O)N4Cc5ccccc5C4)cc3)c2c1. The van der Waals surface area contributed by atoms with Crippen LogP contribution >= 0.6 is 0 Å². The van der Waals surface area contributed by atoms with E-state index in [4.69, 9.17) is 0 Å². The van der Waals surface area contributed by atoms with Gasteiger partial charge in [-0.2, -0.15) is 0 Å². The third-order valence-corrected chi connectivity index (χ3v) is 5.87. The van der Waals surface area contributed by atoms with Crippen LogP contribution < -0.4 is 5.56 Å². The van der Waals surface area contributed by atoms with Gasteiger partial charge in [0.05, 0.1) is 6.42 Å². The van der Waals surface area contributed by atoms with E-state index in [2.05, 4.69) is 17.1 Å². The van der Waals surface area contributed by atoms with Gasteiger partial charge in [-0.25, -0.2) is 0 Å². The normalized spacial score (nSPS) is 12.9. The Labute approximate surface area is 174 Å². The predicted molar refractivity (Wildman–Crippen MR) is 119 cm³/mol. The average Bonchev–Trinajstić information content (AvgIpc) is 3.19. The Morgan fingerprint density at radius 3 is 2.33 bits per heavy atom. The number of carbonyl (C=O) groups excluding carboxylic acids is 1.